The van der Waals surface area contributed by atoms with E-state index in [2.05, 4.69) is 29.6 Å². The molecule has 0 radical (unpaired) electrons. The second-order valence-corrected chi connectivity index (χ2v) is 6.30. The molecule has 2 aromatic heterocycles. The molecular weight excluding hydrogens is 264 g/mol. The van der Waals surface area contributed by atoms with Crippen LogP contribution in [0.15, 0.2) is 6.33 Å². The molecule has 1 fully saturated rings. The lowest BCUT2D eigenvalue weighted by Gasteiger charge is -2.30. The molecule has 1 aliphatic heterocycles. The molecule has 2 aromatic rings. The van der Waals surface area contributed by atoms with E-state index in [4.69, 9.17) is 0 Å². The van der Waals surface area contributed by atoms with Crippen molar-refractivity contribution in [2.75, 3.05) is 11.4 Å². The van der Waals surface area contributed by atoms with Crippen LogP contribution >= 0.6 is 0 Å². The number of rotatable bonds is 2. The molecule has 6 heteroatoms. The molecule has 3 heterocycles. The SMILES string of the molecule is c1nc2c(c(N3CCn4c(nnc4C4CC4)C3)n1)CCC2. The van der Waals surface area contributed by atoms with Gasteiger partial charge in [-0.3, -0.25) is 0 Å². The summed E-state index contributed by atoms with van der Waals surface area (Å²) in [6.45, 7) is 2.80. The molecular formula is C15H18N6. The van der Waals surface area contributed by atoms with Gasteiger partial charge in [-0.05, 0) is 32.1 Å². The standard InChI is InChI=1S/C15H18N6/c1-2-11-12(3-1)16-9-17-15(11)20-6-7-21-13(8-20)18-19-14(21)10-4-5-10/h9-10H,1-8H2. The van der Waals surface area contributed by atoms with Gasteiger partial charge in [0, 0.05) is 30.3 Å². The van der Waals surface area contributed by atoms with E-state index in [0.717, 1.165) is 44.1 Å². The van der Waals surface area contributed by atoms with Gasteiger partial charge in [0.15, 0.2) is 5.82 Å². The van der Waals surface area contributed by atoms with Crippen LogP contribution in [0.2, 0.25) is 0 Å². The van der Waals surface area contributed by atoms with Gasteiger partial charge in [0.1, 0.15) is 18.0 Å². The monoisotopic (exact) mass is 282 g/mol. The third kappa shape index (κ3) is 1.78. The largest absolute Gasteiger partial charge is 0.347 e. The summed E-state index contributed by atoms with van der Waals surface area (Å²) in [7, 11) is 0. The Morgan fingerprint density at radius 2 is 2.00 bits per heavy atom. The van der Waals surface area contributed by atoms with Crippen molar-refractivity contribution in [3.8, 4) is 0 Å². The third-order valence-electron chi connectivity index (χ3n) is 4.88. The molecule has 0 aromatic carbocycles. The Bertz CT molecular complexity index is 702. The van der Waals surface area contributed by atoms with Gasteiger partial charge in [0.25, 0.3) is 0 Å². The van der Waals surface area contributed by atoms with Gasteiger partial charge < -0.3 is 9.47 Å². The number of fused-ring (bicyclic) bond motifs is 2. The quantitative estimate of drug-likeness (QED) is 0.834. The van der Waals surface area contributed by atoms with Crippen LogP contribution in [0.4, 0.5) is 5.82 Å². The fraction of sp³-hybridized carbons (Fsp3) is 0.600. The Hall–Kier alpha value is -1.98. The Labute approximate surface area is 123 Å². The van der Waals surface area contributed by atoms with E-state index in [1.54, 1.807) is 6.33 Å². The normalized spacial score (nSPS) is 20.5. The summed E-state index contributed by atoms with van der Waals surface area (Å²) < 4.78 is 2.33. The predicted molar refractivity (Wildman–Crippen MR) is 77.1 cm³/mol. The van der Waals surface area contributed by atoms with Crippen molar-refractivity contribution in [3.63, 3.8) is 0 Å². The first-order chi connectivity index (χ1) is 10.4. The zero-order valence-electron chi connectivity index (χ0n) is 12.0. The minimum Gasteiger partial charge on any atom is -0.347 e. The zero-order chi connectivity index (χ0) is 13.8. The van der Waals surface area contributed by atoms with Crippen molar-refractivity contribution in [1.29, 1.82) is 0 Å². The van der Waals surface area contributed by atoms with Crippen LogP contribution in [0.3, 0.4) is 0 Å². The molecule has 0 bridgehead atoms. The first kappa shape index (κ1) is 11.7. The molecule has 0 atom stereocenters. The zero-order valence-corrected chi connectivity index (χ0v) is 12.0. The molecule has 108 valence electrons. The van der Waals surface area contributed by atoms with Gasteiger partial charge in [-0.2, -0.15) is 0 Å². The first-order valence-electron chi connectivity index (χ1n) is 7.90. The average Bonchev–Trinajstić information content (AvgIpc) is 3.10. The molecule has 5 rings (SSSR count). The van der Waals surface area contributed by atoms with E-state index in [1.807, 2.05) is 0 Å². The van der Waals surface area contributed by atoms with Crippen LogP contribution in [0.5, 0.6) is 0 Å². The van der Waals surface area contributed by atoms with E-state index in [-0.39, 0.29) is 0 Å². The maximum absolute atomic E-state index is 4.56. The van der Waals surface area contributed by atoms with Crippen LogP contribution in [0.1, 0.15) is 48.1 Å². The van der Waals surface area contributed by atoms with Crippen LogP contribution in [0.25, 0.3) is 0 Å². The number of hydrogen-bond donors (Lipinski definition) is 0. The summed E-state index contributed by atoms with van der Waals surface area (Å²) in [5.74, 6) is 4.09. The van der Waals surface area contributed by atoms with E-state index in [1.165, 1.54) is 36.3 Å². The number of hydrogen-bond acceptors (Lipinski definition) is 5. The van der Waals surface area contributed by atoms with Crippen molar-refractivity contribution in [1.82, 2.24) is 24.7 Å². The lowest BCUT2D eigenvalue weighted by Crippen LogP contribution is -2.35. The Morgan fingerprint density at radius 3 is 2.90 bits per heavy atom. The fourth-order valence-corrected chi connectivity index (χ4v) is 3.62. The van der Waals surface area contributed by atoms with E-state index in [9.17, 15) is 0 Å². The lowest BCUT2D eigenvalue weighted by molar-refractivity contribution is 0.538. The highest BCUT2D eigenvalue weighted by atomic mass is 15.4. The predicted octanol–water partition coefficient (Wildman–Crippen LogP) is 1.45. The van der Waals surface area contributed by atoms with Gasteiger partial charge >= 0.3 is 0 Å². The number of aryl methyl sites for hydroxylation is 1. The van der Waals surface area contributed by atoms with E-state index >= 15 is 0 Å². The van der Waals surface area contributed by atoms with Crippen LogP contribution < -0.4 is 4.90 Å². The van der Waals surface area contributed by atoms with Crippen LogP contribution in [0, 0.1) is 0 Å². The second-order valence-electron chi connectivity index (χ2n) is 6.30. The molecule has 0 spiro atoms. The summed E-state index contributed by atoms with van der Waals surface area (Å²) in [4.78, 5) is 11.3. The van der Waals surface area contributed by atoms with E-state index in [0.29, 0.717) is 5.92 Å². The summed E-state index contributed by atoms with van der Waals surface area (Å²) in [5, 5.41) is 8.83. The fourth-order valence-electron chi connectivity index (χ4n) is 3.62. The number of nitrogens with zero attached hydrogens (tertiary/aromatic N) is 6. The highest BCUT2D eigenvalue weighted by Gasteiger charge is 2.33. The van der Waals surface area contributed by atoms with Gasteiger partial charge in [-0.15, -0.1) is 10.2 Å². The highest BCUT2D eigenvalue weighted by Crippen LogP contribution is 2.40. The Morgan fingerprint density at radius 1 is 1.05 bits per heavy atom. The molecule has 0 saturated heterocycles. The minimum atomic E-state index is 0.668. The minimum absolute atomic E-state index is 0.668. The molecule has 2 aliphatic carbocycles. The average molecular weight is 282 g/mol. The molecule has 21 heavy (non-hydrogen) atoms. The smallest absolute Gasteiger partial charge is 0.152 e. The topological polar surface area (TPSA) is 59.7 Å². The van der Waals surface area contributed by atoms with Crippen LogP contribution in [-0.4, -0.2) is 31.3 Å². The molecule has 1 saturated carbocycles. The summed E-state index contributed by atoms with van der Waals surface area (Å²) in [5.41, 5.74) is 2.60. The highest BCUT2D eigenvalue weighted by molar-refractivity contribution is 5.50. The first-order valence-corrected chi connectivity index (χ1v) is 7.90. The number of anilines is 1. The molecule has 0 unspecified atom stereocenters. The van der Waals surface area contributed by atoms with E-state index < -0.39 is 0 Å². The van der Waals surface area contributed by atoms with Crippen LogP contribution in [-0.2, 0) is 25.9 Å². The van der Waals surface area contributed by atoms with Gasteiger partial charge in [-0.1, -0.05) is 0 Å². The maximum Gasteiger partial charge on any atom is 0.152 e. The van der Waals surface area contributed by atoms with Crippen molar-refractivity contribution in [3.05, 3.63) is 29.2 Å². The summed E-state index contributed by atoms with van der Waals surface area (Å²) >= 11 is 0. The Kier molecular flexibility index (Phi) is 2.36. The molecule has 0 N–H and O–H groups in total. The maximum atomic E-state index is 4.56. The lowest BCUT2D eigenvalue weighted by atomic mass is 10.2. The number of aromatic nitrogens is 5. The molecule has 0 amide bonds. The van der Waals surface area contributed by atoms with Crippen molar-refractivity contribution in [2.45, 2.75) is 51.1 Å². The Balaban J connectivity index is 1.48. The van der Waals surface area contributed by atoms with Gasteiger partial charge in [0.2, 0.25) is 0 Å². The van der Waals surface area contributed by atoms with Crippen molar-refractivity contribution < 1.29 is 0 Å². The molecule has 3 aliphatic rings. The van der Waals surface area contributed by atoms with Gasteiger partial charge in [-0.25, -0.2) is 9.97 Å². The molecule has 6 nitrogen and oxygen atoms in total. The van der Waals surface area contributed by atoms with Gasteiger partial charge in [0.05, 0.1) is 6.54 Å². The van der Waals surface area contributed by atoms with Crippen molar-refractivity contribution in [2.24, 2.45) is 0 Å². The third-order valence-corrected chi connectivity index (χ3v) is 4.88. The second kappa shape index (κ2) is 4.26. The summed E-state index contributed by atoms with van der Waals surface area (Å²) in [6, 6.07) is 0. The summed E-state index contributed by atoms with van der Waals surface area (Å²) in [6.07, 6.45) is 7.69. The van der Waals surface area contributed by atoms with Crippen molar-refractivity contribution >= 4 is 5.82 Å².